The number of nitrogens with zero attached hydrogens (tertiary/aromatic N) is 1. The summed E-state index contributed by atoms with van der Waals surface area (Å²) in [5, 5.41) is 2.92. The minimum atomic E-state index is -0.526. The number of benzene rings is 3. The molecule has 0 fully saturated rings. The zero-order chi connectivity index (χ0) is 25.7. The predicted octanol–water partition coefficient (Wildman–Crippen LogP) is 4.84. The molecule has 0 aliphatic carbocycles. The molecule has 0 aromatic heterocycles. The Kier molecular flexibility index (Phi) is 7.63. The van der Waals surface area contributed by atoms with Crippen molar-refractivity contribution in [1.82, 2.24) is 4.90 Å². The summed E-state index contributed by atoms with van der Waals surface area (Å²) in [5.74, 6) is 1.89. The first-order valence-corrected chi connectivity index (χ1v) is 11.7. The molecule has 1 atom stereocenters. The Morgan fingerprint density at radius 2 is 1.67 bits per heavy atom. The van der Waals surface area contributed by atoms with Crippen LogP contribution in [0, 0.1) is 0 Å². The normalized spacial score (nSPS) is 13.1. The molecule has 0 bridgehead atoms. The van der Waals surface area contributed by atoms with E-state index in [-0.39, 0.29) is 18.2 Å². The molecule has 1 aliphatic rings. The van der Waals surface area contributed by atoms with Crippen molar-refractivity contribution in [2.45, 2.75) is 25.9 Å². The van der Waals surface area contributed by atoms with E-state index in [0.29, 0.717) is 47.4 Å². The molecule has 8 heteroatoms. The van der Waals surface area contributed by atoms with Gasteiger partial charge in [0.25, 0.3) is 5.91 Å². The Bertz CT molecular complexity index is 1240. The number of amides is 2. The largest absolute Gasteiger partial charge is 0.497 e. The Morgan fingerprint density at radius 1 is 0.944 bits per heavy atom. The molecule has 0 radical (unpaired) electrons. The van der Waals surface area contributed by atoms with E-state index in [1.54, 1.807) is 44.4 Å². The van der Waals surface area contributed by atoms with Gasteiger partial charge in [-0.25, -0.2) is 0 Å². The number of hydrogen-bond donors (Lipinski definition) is 1. The van der Waals surface area contributed by atoms with Gasteiger partial charge in [0.05, 0.1) is 40.4 Å². The van der Waals surface area contributed by atoms with Gasteiger partial charge >= 0.3 is 0 Å². The Hall–Kier alpha value is -4.20. The molecule has 188 valence electrons. The van der Waals surface area contributed by atoms with Crippen molar-refractivity contribution in [2.75, 3.05) is 33.3 Å². The number of carbonyl (C=O) groups is 2. The Labute approximate surface area is 210 Å². The zero-order valence-electron chi connectivity index (χ0n) is 20.9. The van der Waals surface area contributed by atoms with Gasteiger partial charge in [-0.05, 0) is 36.2 Å². The molecule has 3 aromatic carbocycles. The number of ether oxygens (including phenoxy) is 4. The molecule has 0 saturated heterocycles. The summed E-state index contributed by atoms with van der Waals surface area (Å²) in [6.07, 6.45) is 0.0381. The van der Waals surface area contributed by atoms with Crippen molar-refractivity contribution in [3.63, 3.8) is 0 Å². The predicted molar refractivity (Wildman–Crippen MR) is 136 cm³/mol. The SMILES string of the molecule is CCOc1ccc(C(CC(=O)Nc2cc(OC)cc(OC)c2)N2Cc3ccccc3C2=O)cc1OC. The summed E-state index contributed by atoms with van der Waals surface area (Å²) in [7, 11) is 4.66. The first-order chi connectivity index (χ1) is 17.5. The van der Waals surface area contributed by atoms with Gasteiger partial charge in [-0.2, -0.15) is 0 Å². The Morgan fingerprint density at radius 3 is 2.31 bits per heavy atom. The highest BCUT2D eigenvalue weighted by atomic mass is 16.5. The molecule has 1 heterocycles. The van der Waals surface area contributed by atoms with Crippen LogP contribution >= 0.6 is 0 Å². The topological polar surface area (TPSA) is 86.3 Å². The summed E-state index contributed by atoms with van der Waals surface area (Å²) < 4.78 is 21.8. The van der Waals surface area contributed by atoms with Crippen LogP contribution in [0.3, 0.4) is 0 Å². The highest BCUT2D eigenvalue weighted by Gasteiger charge is 2.35. The third-order valence-electron chi connectivity index (χ3n) is 6.11. The van der Waals surface area contributed by atoms with Crippen LogP contribution in [-0.2, 0) is 11.3 Å². The van der Waals surface area contributed by atoms with Gasteiger partial charge in [0, 0.05) is 36.0 Å². The summed E-state index contributed by atoms with van der Waals surface area (Å²) in [6, 6.07) is 17.6. The van der Waals surface area contributed by atoms with Crippen LogP contribution in [0.2, 0.25) is 0 Å². The molecule has 2 amide bonds. The van der Waals surface area contributed by atoms with Crippen molar-refractivity contribution >= 4 is 17.5 Å². The molecular formula is C28H30N2O6. The molecule has 0 saturated carbocycles. The van der Waals surface area contributed by atoms with Crippen molar-refractivity contribution in [2.24, 2.45) is 0 Å². The van der Waals surface area contributed by atoms with Gasteiger partial charge in [0.15, 0.2) is 11.5 Å². The maximum Gasteiger partial charge on any atom is 0.255 e. The van der Waals surface area contributed by atoms with Crippen LogP contribution in [-0.4, -0.2) is 44.7 Å². The lowest BCUT2D eigenvalue weighted by Gasteiger charge is -2.28. The van der Waals surface area contributed by atoms with Crippen LogP contribution in [0.1, 0.15) is 40.9 Å². The zero-order valence-corrected chi connectivity index (χ0v) is 20.9. The van der Waals surface area contributed by atoms with E-state index in [1.807, 2.05) is 49.4 Å². The average Bonchev–Trinajstić information content (AvgIpc) is 3.23. The number of carbonyl (C=O) groups excluding carboxylic acids is 2. The van der Waals surface area contributed by atoms with E-state index in [9.17, 15) is 9.59 Å². The fourth-order valence-corrected chi connectivity index (χ4v) is 4.37. The van der Waals surface area contributed by atoms with Crippen LogP contribution in [0.5, 0.6) is 23.0 Å². The van der Waals surface area contributed by atoms with E-state index >= 15 is 0 Å². The first kappa shape index (κ1) is 24.9. The van der Waals surface area contributed by atoms with Gasteiger partial charge < -0.3 is 29.2 Å². The second-order valence-electron chi connectivity index (χ2n) is 8.30. The van der Waals surface area contributed by atoms with Gasteiger partial charge in [-0.1, -0.05) is 24.3 Å². The number of hydrogen-bond acceptors (Lipinski definition) is 6. The van der Waals surface area contributed by atoms with Crippen molar-refractivity contribution in [1.29, 1.82) is 0 Å². The van der Waals surface area contributed by atoms with E-state index in [0.717, 1.165) is 11.1 Å². The molecule has 3 aromatic rings. The molecule has 1 aliphatic heterocycles. The minimum absolute atomic E-state index is 0.0381. The van der Waals surface area contributed by atoms with E-state index in [2.05, 4.69) is 5.32 Å². The average molecular weight is 491 g/mol. The number of rotatable bonds is 10. The fraction of sp³-hybridized carbons (Fsp3) is 0.286. The smallest absolute Gasteiger partial charge is 0.255 e. The quantitative estimate of drug-likeness (QED) is 0.438. The lowest BCUT2D eigenvalue weighted by molar-refractivity contribution is -0.117. The standard InChI is InChI=1S/C28H30N2O6/c1-5-36-25-11-10-18(12-26(25)35-4)24(30-17-19-8-6-7-9-23(19)28(30)32)16-27(31)29-20-13-21(33-2)15-22(14-20)34-3/h6-15,24H,5,16-17H2,1-4H3,(H,29,31). The number of methoxy groups -OCH3 is 3. The second-order valence-corrected chi connectivity index (χ2v) is 8.30. The molecule has 4 rings (SSSR count). The van der Waals surface area contributed by atoms with Gasteiger partial charge in [-0.15, -0.1) is 0 Å². The fourth-order valence-electron chi connectivity index (χ4n) is 4.37. The van der Waals surface area contributed by atoms with E-state index in [1.165, 1.54) is 0 Å². The summed E-state index contributed by atoms with van der Waals surface area (Å²) in [6.45, 7) is 2.80. The van der Waals surface area contributed by atoms with Crippen LogP contribution < -0.4 is 24.3 Å². The summed E-state index contributed by atoms with van der Waals surface area (Å²) in [5.41, 5.74) is 2.90. The van der Waals surface area contributed by atoms with Gasteiger partial charge in [-0.3, -0.25) is 9.59 Å². The number of nitrogens with one attached hydrogen (secondary N) is 1. The molecular weight excluding hydrogens is 460 g/mol. The van der Waals surface area contributed by atoms with Crippen molar-refractivity contribution in [3.8, 4) is 23.0 Å². The third-order valence-corrected chi connectivity index (χ3v) is 6.11. The minimum Gasteiger partial charge on any atom is -0.497 e. The maximum atomic E-state index is 13.3. The van der Waals surface area contributed by atoms with Gasteiger partial charge in [0.2, 0.25) is 5.91 Å². The van der Waals surface area contributed by atoms with Crippen molar-refractivity contribution < 1.29 is 28.5 Å². The molecule has 1 unspecified atom stereocenters. The molecule has 36 heavy (non-hydrogen) atoms. The Balaban J connectivity index is 1.65. The van der Waals surface area contributed by atoms with E-state index < -0.39 is 6.04 Å². The molecule has 0 spiro atoms. The van der Waals surface area contributed by atoms with E-state index in [4.69, 9.17) is 18.9 Å². The number of anilines is 1. The summed E-state index contributed by atoms with van der Waals surface area (Å²) in [4.78, 5) is 28.3. The molecule has 8 nitrogen and oxygen atoms in total. The second kappa shape index (κ2) is 11.0. The van der Waals surface area contributed by atoms with Crippen LogP contribution in [0.4, 0.5) is 5.69 Å². The monoisotopic (exact) mass is 490 g/mol. The highest BCUT2D eigenvalue weighted by molar-refractivity contribution is 5.99. The lowest BCUT2D eigenvalue weighted by atomic mass is 10.0. The van der Waals surface area contributed by atoms with Crippen LogP contribution in [0.15, 0.2) is 60.7 Å². The third kappa shape index (κ3) is 5.22. The molecule has 1 N–H and O–H groups in total. The lowest BCUT2D eigenvalue weighted by Crippen LogP contribution is -2.32. The van der Waals surface area contributed by atoms with Crippen molar-refractivity contribution in [3.05, 3.63) is 77.4 Å². The van der Waals surface area contributed by atoms with Crippen LogP contribution in [0.25, 0.3) is 0 Å². The first-order valence-electron chi connectivity index (χ1n) is 11.7. The number of fused-ring (bicyclic) bond motifs is 1. The van der Waals surface area contributed by atoms with Gasteiger partial charge in [0.1, 0.15) is 11.5 Å². The summed E-state index contributed by atoms with van der Waals surface area (Å²) >= 11 is 0. The highest BCUT2D eigenvalue weighted by Crippen LogP contribution is 2.38. The maximum absolute atomic E-state index is 13.3.